The van der Waals surface area contributed by atoms with E-state index in [1.807, 2.05) is 20.8 Å². The summed E-state index contributed by atoms with van der Waals surface area (Å²) in [6, 6.07) is 4.14. The molecule has 0 saturated heterocycles. The summed E-state index contributed by atoms with van der Waals surface area (Å²) in [4.78, 5) is 26.3. The summed E-state index contributed by atoms with van der Waals surface area (Å²) in [6.07, 6.45) is 0. The normalized spacial score (nSPS) is 11.8. The van der Waals surface area contributed by atoms with Crippen molar-refractivity contribution >= 4 is 21.8 Å². The average Bonchev–Trinajstić information content (AvgIpc) is 2.63. The van der Waals surface area contributed by atoms with Gasteiger partial charge in [-0.2, -0.15) is 0 Å². The van der Waals surface area contributed by atoms with Crippen LogP contribution in [0.2, 0.25) is 0 Å². The summed E-state index contributed by atoms with van der Waals surface area (Å²) in [5, 5.41) is 2.80. The number of likely N-dealkylation sites (N-methyl/N-ethyl adjacent to an activating group) is 1. The molecule has 1 aromatic carbocycles. The molecule has 0 atom stereocenters. The Labute approximate surface area is 172 Å². The van der Waals surface area contributed by atoms with Gasteiger partial charge in [-0.3, -0.25) is 9.59 Å². The zero-order valence-corrected chi connectivity index (χ0v) is 18.7. The smallest absolute Gasteiger partial charge is 0.254 e. The number of methoxy groups -OCH3 is 2. The first kappa shape index (κ1) is 24.9. The molecular weight excluding hydrogens is 398 g/mol. The van der Waals surface area contributed by atoms with Crippen LogP contribution in [-0.2, 0) is 19.6 Å². The maximum absolute atomic E-state index is 12.9. The van der Waals surface area contributed by atoms with Crippen molar-refractivity contribution in [2.24, 2.45) is 0 Å². The van der Waals surface area contributed by atoms with Gasteiger partial charge in [-0.15, -0.1) is 0 Å². The molecular formula is C19H31N3O6S. The van der Waals surface area contributed by atoms with Crippen LogP contribution in [0.4, 0.5) is 0 Å². The molecule has 0 aliphatic carbocycles. The van der Waals surface area contributed by atoms with E-state index in [2.05, 4.69) is 10.0 Å². The van der Waals surface area contributed by atoms with E-state index in [1.165, 1.54) is 37.3 Å². The molecule has 0 aliphatic rings. The van der Waals surface area contributed by atoms with Gasteiger partial charge >= 0.3 is 0 Å². The van der Waals surface area contributed by atoms with E-state index < -0.39 is 21.5 Å². The SMILES string of the molecule is CCN(CC(=O)NC(C)(C)C)C(=O)c1ccc(OC)c(S(=O)(=O)NCCOC)c1. The average molecular weight is 430 g/mol. The lowest BCUT2D eigenvalue weighted by Gasteiger charge is -2.25. The molecule has 1 aromatic rings. The maximum Gasteiger partial charge on any atom is 0.254 e. The van der Waals surface area contributed by atoms with Gasteiger partial charge in [0.1, 0.15) is 10.6 Å². The summed E-state index contributed by atoms with van der Waals surface area (Å²) in [7, 11) is -1.11. The zero-order valence-electron chi connectivity index (χ0n) is 17.9. The highest BCUT2D eigenvalue weighted by atomic mass is 32.2. The molecule has 0 fully saturated rings. The molecule has 1 rings (SSSR count). The van der Waals surface area contributed by atoms with Crippen LogP contribution in [0.5, 0.6) is 5.75 Å². The van der Waals surface area contributed by atoms with Crippen LogP contribution in [0.3, 0.4) is 0 Å². The van der Waals surface area contributed by atoms with E-state index in [0.717, 1.165) is 0 Å². The highest BCUT2D eigenvalue weighted by Gasteiger charge is 2.24. The minimum Gasteiger partial charge on any atom is -0.495 e. The van der Waals surface area contributed by atoms with Crippen molar-refractivity contribution in [1.29, 1.82) is 0 Å². The molecule has 0 aromatic heterocycles. The third kappa shape index (κ3) is 7.64. The van der Waals surface area contributed by atoms with Crippen LogP contribution in [0.25, 0.3) is 0 Å². The van der Waals surface area contributed by atoms with E-state index in [9.17, 15) is 18.0 Å². The molecule has 0 bridgehead atoms. The van der Waals surface area contributed by atoms with E-state index >= 15 is 0 Å². The molecule has 0 unspecified atom stereocenters. The Kier molecular flexibility index (Phi) is 9.06. The first-order valence-corrected chi connectivity index (χ1v) is 10.7. The highest BCUT2D eigenvalue weighted by molar-refractivity contribution is 7.89. The second-order valence-electron chi connectivity index (χ2n) is 7.37. The third-order valence-electron chi connectivity index (χ3n) is 3.82. The van der Waals surface area contributed by atoms with Crippen LogP contribution >= 0.6 is 0 Å². The molecule has 29 heavy (non-hydrogen) atoms. The van der Waals surface area contributed by atoms with Gasteiger partial charge in [-0.05, 0) is 45.9 Å². The van der Waals surface area contributed by atoms with Gasteiger partial charge in [0, 0.05) is 31.3 Å². The second-order valence-corrected chi connectivity index (χ2v) is 9.11. The second kappa shape index (κ2) is 10.6. The molecule has 0 heterocycles. The van der Waals surface area contributed by atoms with Crippen molar-refractivity contribution in [3.63, 3.8) is 0 Å². The van der Waals surface area contributed by atoms with Crippen molar-refractivity contribution in [2.45, 2.75) is 38.1 Å². The van der Waals surface area contributed by atoms with Crippen LogP contribution in [0, 0.1) is 0 Å². The monoisotopic (exact) mass is 429 g/mol. The Morgan fingerprint density at radius 2 is 1.83 bits per heavy atom. The van der Waals surface area contributed by atoms with E-state index in [1.54, 1.807) is 6.92 Å². The lowest BCUT2D eigenvalue weighted by molar-refractivity contribution is -0.123. The Morgan fingerprint density at radius 3 is 2.34 bits per heavy atom. The standard InChI is InChI=1S/C19H31N3O6S/c1-7-22(13-17(23)21-19(2,3)4)18(24)14-8-9-15(28-6)16(12-14)29(25,26)20-10-11-27-5/h8-9,12,20H,7,10-11,13H2,1-6H3,(H,21,23). The summed E-state index contributed by atoms with van der Waals surface area (Å²) in [5.74, 6) is -0.636. The predicted molar refractivity (Wildman–Crippen MR) is 110 cm³/mol. The number of amides is 2. The predicted octanol–water partition coefficient (Wildman–Crippen LogP) is 0.997. The molecule has 0 spiro atoms. The number of carbonyl (C=O) groups is 2. The largest absolute Gasteiger partial charge is 0.495 e. The number of nitrogens with zero attached hydrogens (tertiary/aromatic N) is 1. The van der Waals surface area contributed by atoms with Gasteiger partial charge in [0.15, 0.2) is 0 Å². The van der Waals surface area contributed by atoms with Gasteiger partial charge in [0.05, 0.1) is 20.3 Å². The van der Waals surface area contributed by atoms with Crippen LogP contribution in [-0.4, -0.2) is 71.1 Å². The van der Waals surface area contributed by atoms with E-state index in [-0.39, 0.29) is 48.4 Å². The van der Waals surface area contributed by atoms with Gasteiger partial charge in [-0.25, -0.2) is 13.1 Å². The summed E-state index contributed by atoms with van der Waals surface area (Å²) >= 11 is 0. The number of benzene rings is 1. The van der Waals surface area contributed by atoms with Crippen LogP contribution in [0.1, 0.15) is 38.1 Å². The van der Waals surface area contributed by atoms with Crippen molar-refractivity contribution in [3.8, 4) is 5.75 Å². The van der Waals surface area contributed by atoms with Crippen LogP contribution < -0.4 is 14.8 Å². The van der Waals surface area contributed by atoms with E-state index in [4.69, 9.17) is 9.47 Å². The molecule has 164 valence electrons. The fourth-order valence-corrected chi connectivity index (χ4v) is 3.72. The number of hydrogen-bond donors (Lipinski definition) is 2. The fourth-order valence-electron chi connectivity index (χ4n) is 2.52. The number of ether oxygens (including phenoxy) is 2. The maximum atomic E-state index is 12.9. The lowest BCUT2D eigenvalue weighted by Crippen LogP contribution is -2.47. The van der Waals surface area contributed by atoms with Crippen molar-refractivity contribution in [1.82, 2.24) is 14.9 Å². The molecule has 2 amide bonds. The van der Waals surface area contributed by atoms with Gasteiger partial charge in [0.2, 0.25) is 15.9 Å². The summed E-state index contributed by atoms with van der Waals surface area (Å²) in [5.41, 5.74) is -0.280. The summed E-state index contributed by atoms with van der Waals surface area (Å²) < 4.78 is 37.6. The van der Waals surface area contributed by atoms with Crippen LogP contribution in [0.15, 0.2) is 23.1 Å². The summed E-state index contributed by atoms with van der Waals surface area (Å²) in [6.45, 7) is 7.72. The lowest BCUT2D eigenvalue weighted by atomic mass is 10.1. The van der Waals surface area contributed by atoms with Gasteiger partial charge < -0.3 is 19.7 Å². The Morgan fingerprint density at radius 1 is 1.17 bits per heavy atom. The molecule has 9 nitrogen and oxygen atoms in total. The van der Waals surface area contributed by atoms with Crippen molar-refractivity contribution in [2.75, 3.05) is 40.5 Å². The quantitative estimate of drug-likeness (QED) is 0.536. The van der Waals surface area contributed by atoms with Gasteiger partial charge in [0.25, 0.3) is 5.91 Å². The number of nitrogens with one attached hydrogen (secondary N) is 2. The molecule has 10 heteroatoms. The first-order valence-electron chi connectivity index (χ1n) is 9.22. The topological polar surface area (TPSA) is 114 Å². The van der Waals surface area contributed by atoms with E-state index in [0.29, 0.717) is 0 Å². The number of hydrogen-bond acceptors (Lipinski definition) is 6. The minimum atomic E-state index is -3.92. The number of rotatable bonds is 10. The molecule has 2 N–H and O–H groups in total. The Balaban J connectivity index is 3.13. The molecule has 0 radical (unpaired) electrons. The fraction of sp³-hybridized carbons (Fsp3) is 0.579. The minimum absolute atomic E-state index is 0.0776. The van der Waals surface area contributed by atoms with Crippen molar-refractivity contribution < 1.29 is 27.5 Å². The van der Waals surface area contributed by atoms with Crippen molar-refractivity contribution in [3.05, 3.63) is 23.8 Å². The molecule has 0 saturated carbocycles. The number of sulfonamides is 1. The highest BCUT2D eigenvalue weighted by Crippen LogP contribution is 2.25. The Hall–Kier alpha value is -2.17. The Bertz CT molecular complexity index is 818. The first-order chi connectivity index (χ1) is 13.4. The zero-order chi connectivity index (χ0) is 22.2. The number of carbonyl (C=O) groups excluding carboxylic acids is 2. The van der Waals surface area contributed by atoms with Gasteiger partial charge in [-0.1, -0.05) is 0 Å². The third-order valence-corrected chi connectivity index (χ3v) is 5.30. The molecule has 0 aliphatic heterocycles.